The second kappa shape index (κ2) is 9.97. The molecule has 1 fully saturated rings. The van der Waals surface area contributed by atoms with Gasteiger partial charge >= 0.3 is 5.69 Å². The molecule has 1 N–H and O–H groups in total. The van der Waals surface area contributed by atoms with E-state index in [-0.39, 0.29) is 11.6 Å². The Bertz CT molecular complexity index is 2110. The maximum absolute atomic E-state index is 16.0. The lowest BCUT2D eigenvalue weighted by atomic mass is 10.0. The number of hydrogen-bond acceptors (Lipinski definition) is 5. The third kappa shape index (κ3) is 4.30. The number of nitrogens with zero attached hydrogens (tertiary/aromatic N) is 7. The first-order chi connectivity index (χ1) is 20.7. The molecule has 7 rings (SSSR count). The van der Waals surface area contributed by atoms with E-state index in [1.807, 2.05) is 22.2 Å². The number of carbonyl (C=O) groups excluding carboxylic acids is 1. The number of hydrogen-bond donors (Lipinski definition) is 1. The molecule has 0 saturated carbocycles. The minimum atomic E-state index is -0.398. The molecule has 10 nitrogen and oxygen atoms in total. The zero-order chi connectivity index (χ0) is 30.0. The lowest BCUT2D eigenvalue weighted by Crippen LogP contribution is -2.21. The van der Waals surface area contributed by atoms with E-state index in [1.54, 1.807) is 66.1 Å². The Morgan fingerprint density at radius 3 is 2.37 bits per heavy atom. The van der Waals surface area contributed by atoms with E-state index in [0.29, 0.717) is 33.7 Å². The zero-order valence-corrected chi connectivity index (χ0v) is 24.4. The number of amides is 1. The van der Waals surface area contributed by atoms with Crippen LogP contribution in [-0.2, 0) is 25.9 Å². The second-order valence-electron chi connectivity index (χ2n) is 11.2. The molecule has 0 atom stereocenters. The molecule has 3 aromatic heterocycles. The van der Waals surface area contributed by atoms with Crippen LogP contribution >= 0.6 is 0 Å². The summed E-state index contributed by atoms with van der Waals surface area (Å²) in [6.07, 6.45) is 5.62. The van der Waals surface area contributed by atoms with E-state index in [1.165, 1.54) is 13.0 Å². The topological polar surface area (TPSA) is 94.9 Å². The summed E-state index contributed by atoms with van der Waals surface area (Å²) in [5.74, 6) is 0.0425. The fourth-order valence-electron chi connectivity index (χ4n) is 6.20. The molecule has 1 amide bonds. The molecular weight excluding hydrogens is 547 g/mol. The maximum Gasteiger partial charge on any atom is 0.328 e. The molecule has 6 aromatic rings. The number of halogens is 1. The highest BCUT2D eigenvalue weighted by Crippen LogP contribution is 2.37. The van der Waals surface area contributed by atoms with E-state index in [2.05, 4.69) is 21.3 Å². The van der Waals surface area contributed by atoms with Crippen LogP contribution in [0, 0.1) is 5.82 Å². The molecular formula is C32H31FN8O2. The van der Waals surface area contributed by atoms with Gasteiger partial charge < -0.3 is 14.8 Å². The van der Waals surface area contributed by atoms with Crippen molar-refractivity contribution in [2.75, 3.05) is 23.3 Å². The number of imidazole rings is 3. The Labute approximate surface area is 246 Å². The Morgan fingerprint density at radius 2 is 1.70 bits per heavy atom. The molecule has 0 spiro atoms. The van der Waals surface area contributed by atoms with Gasteiger partial charge in [-0.3, -0.25) is 18.5 Å². The van der Waals surface area contributed by atoms with Crippen LogP contribution in [0.4, 0.5) is 15.8 Å². The van der Waals surface area contributed by atoms with Crippen molar-refractivity contribution in [3.63, 3.8) is 0 Å². The molecule has 0 unspecified atom stereocenters. The van der Waals surface area contributed by atoms with Crippen molar-refractivity contribution in [1.82, 2.24) is 28.2 Å². The highest BCUT2D eigenvalue weighted by molar-refractivity contribution is 5.94. The standard InChI is InChI=1S/C32H31FN8O2/c1-19(42)35-21-9-7-20(8-10-21)23-15-25-26(16-24(23)33)41(31(36-25)29-17-34-18-37(29)2)22-13-27-30(39(4)32(43)38(27)3)28(14-22)40-11-5-6-12-40/h7-10,13-18H,5-6,11-12H2,1-4H3,(H,35,42). The summed E-state index contributed by atoms with van der Waals surface area (Å²) >= 11 is 0. The van der Waals surface area contributed by atoms with E-state index in [0.717, 1.165) is 54.0 Å². The fraction of sp³-hybridized carbons (Fsp3) is 0.250. The summed E-state index contributed by atoms with van der Waals surface area (Å²) in [4.78, 5) is 36.2. The van der Waals surface area contributed by atoms with E-state index >= 15 is 4.39 Å². The maximum atomic E-state index is 16.0. The van der Waals surface area contributed by atoms with E-state index < -0.39 is 5.82 Å². The number of rotatable bonds is 5. The molecule has 1 saturated heterocycles. The normalized spacial score (nSPS) is 13.5. The molecule has 1 aliphatic rings. The van der Waals surface area contributed by atoms with Gasteiger partial charge in [-0.15, -0.1) is 0 Å². The van der Waals surface area contributed by atoms with Gasteiger partial charge in [-0.05, 0) is 48.7 Å². The first-order valence-corrected chi connectivity index (χ1v) is 14.2. The third-order valence-corrected chi connectivity index (χ3v) is 8.34. The van der Waals surface area contributed by atoms with Crippen molar-refractivity contribution in [3.05, 3.63) is 77.4 Å². The highest BCUT2D eigenvalue weighted by Gasteiger charge is 2.24. The summed E-state index contributed by atoms with van der Waals surface area (Å²) in [5.41, 5.74) is 7.01. The highest BCUT2D eigenvalue weighted by atomic mass is 19.1. The van der Waals surface area contributed by atoms with Crippen LogP contribution in [-0.4, -0.2) is 47.2 Å². The summed E-state index contributed by atoms with van der Waals surface area (Å²) in [7, 11) is 5.48. The molecule has 3 aromatic carbocycles. The smallest absolute Gasteiger partial charge is 0.328 e. The number of anilines is 2. The number of benzene rings is 3. The monoisotopic (exact) mass is 578 g/mol. The van der Waals surface area contributed by atoms with Crippen molar-refractivity contribution < 1.29 is 9.18 Å². The van der Waals surface area contributed by atoms with Gasteiger partial charge in [0.1, 0.15) is 11.5 Å². The third-order valence-electron chi connectivity index (χ3n) is 8.34. The first-order valence-electron chi connectivity index (χ1n) is 14.2. The number of nitrogens with one attached hydrogen (secondary N) is 1. The van der Waals surface area contributed by atoms with Gasteiger partial charge in [-0.1, -0.05) is 12.1 Å². The number of fused-ring (bicyclic) bond motifs is 2. The molecule has 11 heteroatoms. The van der Waals surface area contributed by atoms with Gasteiger partial charge in [-0.2, -0.15) is 0 Å². The van der Waals surface area contributed by atoms with Gasteiger partial charge in [0.25, 0.3) is 0 Å². The van der Waals surface area contributed by atoms with Crippen LogP contribution in [0.3, 0.4) is 0 Å². The van der Waals surface area contributed by atoms with Crippen LogP contribution in [0.25, 0.3) is 50.4 Å². The Morgan fingerprint density at radius 1 is 0.953 bits per heavy atom. The zero-order valence-electron chi connectivity index (χ0n) is 24.4. The average molecular weight is 579 g/mol. The van der Waals surface area contributed by atoms with Crippen LogP contribution < -0.4 is 15.9 Å². The van der Waals surface area contributed by atoms with Crippen molar-refractivity contribution >= 4 is 39.3 Å². The van der Waals surface area contributed by atoms with E-state index in [9.17, 15) is 9.59 Å². The Balaban J connectivity index is 1.48. The molecule has 43 heavy (non-hydrogen) atoms. The first kappa shape index (κ1) is 26.7. The van der Waals surface area contributed by atoms with Gasteiger partial charge in [0.2, 0.25) is 5.91 Å². The SMILES string of the molecule is CC(=O)Nc1ccc(-c2cc3nc(-c4cncn4C)n(-c4cc(N5CCCC5)c5c(c4)n(C)c(=O)n5C)c3cc2F)cc1. The van der Waals surface area contributed by atoms with Crippen molar-refractivity contribution in [3.8, 4) is 28.3 Å². The lowest BCUT2D eigenvalue weighted by Gasteiger charge is -2.21. The number of aryl methyl sites for hydroxylation is 3. The van der Waals surface area contributed by atoms with E-state index in [4.69, 9.17) is 4.98 Å². The predicted octanol–water partition coefficient (Wildman–Crippen LogP) is 4.98. The predicted molar refractivity (Wildman–Crippen MR) is 166 cm³/mol. The minimum Gasteiger partial charge on any atom is -0.370 e. The van der Waals surface area contributed by atoms with Gasteiger partial charge in [0.05, 0.1) is 46.0 Å². The average Bonchev–Trinajstić information content (AvgIpc) is 3.78. The largest absolute Gasteiger partial charge is 0.370 e. The van der Waals surface area contributed by atoms with Gasteiger partial charge in [0.15, 0.2) is 5.82 Å². The Kier molecular flexibility index (Phi) is 6.19. The Hall–Kier alpha value is -5.19. The summed E-state index contributed by atoms with van der Waals surface area (Å²) in [6, 6.07) is 14.4. The molecule has 0 bridgehead atoms. The van der Waals surface area contributed by atoms with Crippen LogP contribution in [0.15, 0.2) is 65.8 Å². The molecule has 0 radical (unpaired) electrons. The fourth-order valence-corrected chi connectivity index (χ4v) is 6.20. The quantitative estimate of drug-likeness (QED) is 0.311. The van der Waals surface area contributed by atoms with Gasteiger partial charge in [0, 0.05) is 58.5 Å². The van der Waals surface area contributed by atoms with Crippen LogP contribution in [0.1, 0.15) is 19.8 Å². The second-order valence-corrected chi connectivity index (χ2v) is 11.2. The van der Waals surface area contributed by atoms with Crippen LogP contribution in [0.2, 0.25) is 0 Å². The van der Waals surface area contributed by atoms with Crippen molar-refractivity contribution in [1.29, 1.82) is 0 Å². The molecule has 1 aliphatic heterocycles. The van der Waals surface area contributed by atoms with Crippen molar-refractivity contribution in [2.45, 2.75) is 19.8 Å². The molecule has 218 valence electrons. The van der Waals surface area contributed by atoms with Crippen molar-refractivity contribution in [2.24, 2.45) is 21.1 Å². The number of carbonyl (C=O) groups is 1. The number of aromatic nitrogens is 6. The minimum absolute atomic E-state index is 0.102. The summed E-state index contributed by atoms with van der Waals surface area (Å²) in [5, 5.41) is 2.74. The summed E-state index contributed by atoms with van der Waals surface area (Å²) < 4.78 is 23.1. The van der Waals surface area contributed by atoms with Gasteiger partial charge in [-0.25, -0.2) is 19.2 Å². The molecule has 0 aliphatic carbocycles. The summed E-state index contributed by atoms with van der Waals surface area (Å²) in [6.45, 7) is 3.25. The molecule has 4 heterocycles. The van der Waals surface area contributed by atoms with Crippen LogP contribution in [0.5, 0.6) is 0 Å². The lowest BCUT2D eigenvalue weighted by molar-refractivity contribution is -0.114.